The average molecular weight is 299 g/mol. The SMILES string of the molecule is CCCCC(NCCSCCCO)c1ccc(F)cc1. The molecule has 2 N–H and O–H groups in total. The zero-order chi connectivity index (χ0) is 14.6. The molecule has 0 aliphatic carbocycles. The molecule has 20 heavy (non-hydrogen) atoms. The van der Waals surface area contributed by atoms with Crippen molar-refractivity contribution >= 4 is 11.8 Å². The summed E-state index contributed by atoms with van der Waals surface area (Å²) in [6, 6.07) is 7.13. The van der Waals surface area contributed by atoms with E-state index in [1.807, 2.05) is 23.9 Å². The van der Waals surface area contributed by atoms with E-state index in [9.17, 15) is 4.39 Å². The molecule has 0 aliphatic heterocycles. The van der Waals surface area contributed by atoms with Gasteiger partial charge in [-0.15, -0.1) is 0 Å². The van der Waals surface area contributed by atoms with Crippen LogP contribution in [0.2, 0.25) is 0 Å². The molecule has 0 heterocycles. The van der Waals surface area contributed by atoms with Crippen molar-refractivity contribution in [3.63, 3.8) is 0 Å². The van der Waals surface area contributed by atoms with E-state index >= 15 is 0 Å². The Bertz CT molecular complexity index is 345. The molecule has 0 bridgehead atoms. The number of unbranched alkanes of at least 4 members (excludes halogenated alkanes) is 1. The summed E-state index contributed by atoms with van der Waals surface area (Å²) in [6.07, 6.45) is 4.29. The highest BCUT2D eigenvalue weighted by Crippen LogP contribution is 2.20. The van der Waals surface area contributed by atoms with Gasteiger partial charge < -0.3 is 10.4 Å². The zero-order valence-corrected chi connectivity index (χ0v) is 13.1. The van der Waals surface area contributed by atoms with Gasteiger partial charge in [0.2, 0.25) is 0 Å². The van der Waals surface area contributed by atoms with Crippen LogP contribution in [0.15, 0.2) is 24.3 Å². The van der Waals surface area contributed by atoms with E-state index in [0.717, 1.165) is 30.9 Å². The van der Waals surface area contributed by atoms with Crippen LogP contribution >= 0.6 is 11.8 Å². The van der Waals surface area contributed by atoms with Gasteiger partial charge in [-0.2, -0.15) is 11.8 Å². The first-order valence-electron chi connectivity index (χ1n) is 7.45. The molecule has 0 aliphatic rings. The lowest BCUT2D eigenvalue weighted by molar-refractivity contribution is 0.296. The minimum absolute atomic E-state index is 0.178. The van der Waals surface area contributed by atoms with Crippen molar-refractivity contribution in [1.29, 1.82) is 0 Å². The fourth-order valence-corrected chi connectivity index (χ4v) is 2.86. The number of aliphatic hydroxyl groups excluding tert-OH is 1. The van der Waals surface area contributed by atoms with Crippen molar-refractivity contribution in [2.45, 2.75) is 38.6 Å². The first-order chi connectivity index (χ1) is 9.77. The summed E-state index contributed by atoms with van der Waals surface area (Å²) in [5.41, 5.74) is 1.17. The van der Waals surface area contributed by atoms with Gasteiger partial charge in [0.1, 0.15) is 5.82 Å². The molecule has 1 atom stereocenters. The van der Waals surface area contributed by atoms with Crippen LogP contribution in [0.25, 0.3) is 0 Å². The summed E-state index contributed by atoms with van der Waals surface area (Å²) in [5, 5.41) is 12.3. The maximum absolute atomic E-state index is 13.0. The molecule has 1 unspecified atom stereocenters. The van der Waals surface area contributed by atoms with Gasteiger partial charge in [0.05, 0.1) is 0 Å². The minimum atomic E-state index is -0.178. The van der Waals surface area contributed by atoms with Crippen LogP contribution < -0.4 is 5.32 Å². The summed E-state index contributed by atoms with van der Waals surface area (Å²) >= 11 is 1.86. The van der Waals surface area contributed by atoms with E-state index in [4.69, 9.17) is 5.11 Å². The number of thioether (sulfide) groups is 1. The van der Waals surface area contributed by atoms with Crippen LogP contribution in [0.1, 0.15) is 44.2 Å². The Hall–Kier alpha value is -0.580. The van der Waals surface area contributed by atoms with Gasteiger partial charge in [0.15, 0.2) is 0 Å². The van der Waals surface area contributed by atoms with Crippen LogP contribution in [-0.4, -0.2) is 29.8 Å². The third-order valence-corrected chi connectivity index (χ3v) is 4.27. The Morgan fingerprint density at radius 3 is 2.60 bits per heavy atom. The number of aliphatic hydroxyl groups is 1. The van der Waals surface area contributed by atoms with Gasteiger partial charge >= 0.3 is 0 Å². The van der Waals surface area contributed by atoms with E-state index in [2.05, 4.69) is 12.2 Å². The van der Waals surface area contributed by atoms with E-state index in [1.54, 1.807) is 0 Å². The largest absolute Gasteiger partial charge is 0.396 e. The lowest BCUT2D eigenvalue weighted by atomic mass is 10.0. The van der Waals surface area contributed by atoms with Crippen molar-refractivity contribution in [1.82, 2.24) is 5.32 Å². The number of halogens is 1. The van der Waals surface area contributed by atoms with Crippen LogP contribution in [0, 0.1) is 5.82 Å². The molecule has 0 spiro atoms. The van der Waals surface area contributed by atoms with Crippen molar-refractivity contribution in [2.24, 2.45) is 0 Å². The number of benzene rings is 1. The van der Waals surface area contributed by atoms with Gasteiger partial charge in [0.25, 0.3) is 0 Å². The maximum atomic E-state index is 13.0. The molecule has 0 aromatic heterocycles. The Morgan fingerprint density at radius 2 is 1.95 bits per heavy atom. The molecule has 1 rings (SSSR count). The summed E-state index contributed by atoms with van der Waals surface area (Å²) in [4.78, 5) is 0. The summed E-state index contributed by atoms with van der Waals surface area (Å²) in [6.45, 7) is 3.41. The molecular weight excluding hydrogens is 273 g/mol. The van der Waals surface area contributed by atoms with Crippen LogP contribution in [0.3, 0.4) is 0 Å². The molecule has 114 valence electrons. The Balaban J connectivity index is 2.37. The van der Waals surface area contributed by atoms with Gasteiger partial charge in [0, 0.05) is 24.9 Å². The van der Waals surface area contributed by atoms with Crippen molar-refractivity contribution < 1.29 is 9.50 Å². The third kappa shape index (κ3) is 7.27. The standard InChI is InChI=1S/C16H26FNOS/c1-2-3-5-16(14-6-8-15(17)9-7-14)18-10-13-20-12-4-11-19/h6-9,16,18-19H,2-5,10-13H2,1H3. The second-order valence-electron chi connectivity index (χ2n) is 4.89. The van der Waals surface area contributed by atoms with Crippen molar-refractivity contribution in [3.8, 4) is 0 Å². The average Bonchev–Trinajstić information content (AvgIpc) is 2.47. The molecule has 0 radical (unpaired) electrons. The maximum Gasteiger partial charge on any atom is 0.123 e. The van der Waals surface area contributed by atoms with Gasteiger partial charge in [-0.1, -0.05) is 31.9 Å². The summed E-state index contributed by atoms with van der Waals surface area (Å²) < 4.78 is 13.0. The molecule has 2 nitrogen and oxygen atoms in total. The molecule has 1 aromatic carbocycles. The highest BCUT2D eigenvalue weighted by atomic mass is 32.2. The smallest absolute Gasteiger partial charge is 0.123 e. The Morgan fingerprint density at radius 1 is 1.20 bits per heavy atom. The number of nitrogens with one attached hydrogen (secondary N) is 1. The predicted octanol–water partition coefficient (Wildman–Crippen LogP) is 3.76. The lowest BCUT2D eigenvalue weighted by Gasteiger charge is -2.19. The number of hydrogen-bond donors (Lipinski definition) is 2. The highest BCUT2D eigenvalue weighted by molar-refractivity contribution is 7.99. The fraction of sp³-hybridized carbons (Fsp3) is 0.625. The van der Waals surface area contributed by atoms with Crippen molar-refractivity contribution in [3.05, 3.63) is 35.6 Å². The molecule has 0 fully saturated rings. The summed E-state index contributed by atoms with van der Waals surface area (Å²) in [7, 11) is 0. The van der Waals surface area contributed by atoms with Crippen LogP contribution in [-0.2, 0) is 0 Å². The molecule has 0 saturated carbocycles. The fourth-order valence-electron chi connectivity index (χ4n) is 2.06. The van der Waals surface area contributed by atoms with Crippen molar-refractivity contribution in [2.75, 3.05) is 24.7 Å². The lowest BCUT2D eigenvalue weighted by Crippen LogP contribution is -2.24. The Labute approximate surface area is 126 Å². The van der Waals surface area contributed by atoms with Crippen LogP contribution in [0.4, 0.5) is 4.39 Å². The van der Waals surface area contributed by atoms with E-state index in [1.165, 1.54) is 30.5 Å². The number of rotatable bonds is 11. The van der Waals surface area contributed by atoms with Gasteiger partial charge in [-0.3, -0.25) is 0 Å². The second-order valence-corrected chi connectivity index (χ2v) is 6.11. The molecule has 0 saturated heterocycles. The van der Waals surface area contributed by atoms with E-state index in [0.29, 0.717) is 6.04 Å². The molecule has 4 heteroatoms. The Kier molecular flexibility index (Phi) is 9.71. The monoisotopic (exact) mass is 299 g/mol. The van der Waals surface area contributed by atoms with Crippen LogP contribution in [0.5, 0.6) is 0 Å². The normalized spacial score (nSPS) is 12.6. The second kappa shape index (κ2) is 11.1. The molecule has 0 amide bonds. The van der Waals surface area contributed by atoms with E-state index < -0.39 is 0 Å². The topological polar surface area (TPSA) is 32.3 Å². The summed E-state index contributed by atoms with van der Waals surface area (Å²) in [5.74, 6) is 1.88. The zero-order valence-electron chi connectivity index (χ0n) is 12.3. The van der Waals surface area contributed by atoms with E-state index in [-0.39, 0.29) is 12.4 Å². The first-order valence-corrected chi connectivity index (χ1v) is 8.60. The predicted molar refractivity (Wildman–Crippen MR) is 85.7 cm³/mol. The minimum Gasteiger partial charge on any atom is -0.396 e. The highest BCUT2D eigenvalue weighted by Gasteiger charge is 2.10. The van der Waals surface area contributed by atoms with Gasteiger partial charge in [-0.25, -0.2) is 4.39 Å². The molecular formula is C16H26FNOS. The number of hydrogen-bond acceptors (Lipinski definition) is 3. The first kappa shape index (κ1) is 17.5. The van der Waals surface area contributed by atoms with Gasteiger partial charge in [-0.05, 0) is 36.3 Å². The molecule has 1 aromatic rings. The third-order valence-electron chi connectivity index (χ3n) is 3.20. The quantitative estimate of drug-likeness (QED) is 0.610.